The van der Waals surface area contributed by atoms with Gasteiger partial charge in [-0.2, -0.15) is 5.26 Å². The molecule has 1 rings (SSSR count). The third-order valence-corrected chi connectivity index (χ3v) is 2.63. The molecule has 1 aromatic carbocycles. The number of benzene rings is 1. The number of hydrogen-bond donors (Lipinski definition) is 3. The van der Waals surface area contributed by atoms with E-state index < -0.39 is 5.54 Å². The Hall–Kier alpha value is -1.90. The Kier molecular flexibility index (Phi) is 5.49. The highest BCUT2D eigenvalue weighted by atomic mass is 16.3. The summed E-state index contributed by atoms with van der Waals surface area (Å²) in [6.07, 6.45) is 0. The van der Waals surface area contributed by atoms with Gasteiger partial charge in [0, 0.05) is 18.7 Å². The van der Waals surface area contributed by atoms with Gasteiger partial charge in [-0.3, -0.25) is 10.1 Å². The van der Waals surface area contributed by atoms with Gasteiger partial charge in [-0.25, -0.2) is 0 Å². The Morgan fingerprint density at radius 1 is 1.37 bits per heavy atom. The number of aliphatic hydroxyl groups excluding tert-OH is 1. The van der Waals surface area contributed by atoms with Crippen LogP contribution in [-0.2, 0) is 6.54 Å². The van der Waals surface area contributed by atoms with Crippen LogP contribution in [0.25, 0.3) is 0 Å². The second-order valence-corrected chi connectivity index (χ2v) is 4.77. The van der Waals surface area contributed by atoms with Crippen molar-refractivity contribution in [1.29, 1.82) is 5.26 Å². The fraction of sp³-hybridized carbons (Fsp3) is 0.429. The average molecular weight is 261 g/mol. The highest BCUT2D eigenvalue weighted by Crippen LogP contribution is 2.07. The summed E-state index contributed by atoms with van der Waals surface area (Å²) < 4.78 is 0. The summed E-state index contributed by atoms with van der Waals surface area (Å²) in [7, 11) is 0. The highest BCUT2D eigenvalue weighted by molar-refractivity contribution is 5.94. The van der Waals surface area contributed by atoms with Gasteiger partial charge in [-0.05, 0) is 31.5 Å². The molecule has 19 heavy (non-hydrogen) atoms. The first-order valence-electron chi connectivity index (χ1n) is 6.13. The van der Waals surface area contributed by atoms with E-state index in [2.05, 4.69) is 16.7 Å². The lowest BCUT2D eigenvalue weighted by molar-refractivity contribution is 0.0945. The highest BCUT2D eigenvalue weighted by Gasteiger charge is 2.14. The first-order valence-corrected chi connectivity index (χ1v) is 6.13. The molecule has 3 N–H and O–H groups in total. The summed E-state index contributed by atoms with van der Waals surface area (Å²) in [5, 5.41) is 23.2. The largest absolute Gasteiger partial charge is 0.395 e. The third kappa shape index (κ3) is 5.08. The summed E-state index contributed by atoms with van der Waals surface area (Å²) >= 11 is 0. The molecule has 102 valence electrons. The van der Waals surface area contributed by atoms with Crippen molar-refractivity contribution in [1.82, 2.24) is 10.6 Å². The van der Waals surface area contributed by atoms with Crippen molar-refractivity contribution in [2.75, 3.05) is 13.2 Å². The third-order valence-electron chi connectivity index (χ3n) is 2.63. The molecular formula is C14H19N3O2. The smallest absolute Gasteiger partial charge is 0.251 e. The van der Waals surface area contributed by atoms with Crippen LogP contribution in [0, 0.1) is 11.3 Å². The van der Waals surface area contributed by atoms with E-state index in [1.165, 1.54) is 0 Å². The van der Waals surface area contributed by atoms with Crippen molar-refractivity contribution in [3.05, 3.63) is 35.4 Å². The zero-order valence-electron chi connectivity index (χ0n) is 11.2. The van der Waals surface area contributed by atoms with Crippen molar-refractivity contribution in [2.24, 2.45) is 0 Å². The van der Waals surface area contributed by atoms with E-state index in [-0.39, 0.29) is 19.1 Å². The maximum atomic E-state index is 11.6. The van der Waals surface area contributed by atoms with E-state index >= 15 is 0 Å². The van der Waals surface area contributed by atoms with Crippen molar-refractivity contribution in [3.8, 4) is 6.07 Å². The van der Waals surface area contributed by atoms with Crippen LogP contribution in [0.5, 0.6) is 0 Å². The molecule has 0 fully saturated rings. The van der Waals surface area contributed by atoms with Crippen LogP contribution in [0.2, 0.25) is 0 Å². The van der Waals surface area contributed by atoms with Gasteiger partial charge in [-0.1, -0.05) is 12.1 Å². The Balaban J connectivity index is 2.57. The first kappa shape index (κ1) is 15.2. The number of nitrogens with one attached hydrogen (secondary N) is 2. The van der Waals surface area contributed by atoms with Gasteiger partial charge in [0.05, 0.1) is 12.7 Å². The molecule has 0 aliphatic carbocycles. The molecule has 0 atom stereocenters. The molecule has 5 heteroatoms. The first-order chi connectivity index (χ1) is 8.98. The number of carbonyl (C=O) groups excluding carboxylic acids is 1. The van der Waals surface area contributed by atoms with Gasteiger partial charge in [0.25, 0.3) is 5.91 Å². The van der Waals surface area contributed by atoms with Gasteiger partial charge in [0.15, 0.2) is 0 Å². The van der Waals surface area contributed by atoms with E-state index in [1.807, 2.05) is 26.0 Å². The van der Waals surface area contributed by atoms with Crippen molar-refractivity contribution in [3.63, 3.8) is 0 Å². The fourth-order valence-electron chi connectivity index (χ4n) is 1.41. The average Bonchev–Trinajstić information content (AvgIpc) is 2.43. The normalized spacial score (nSPS) is 10.8. The molecule has 0 heterocycles. The lowest BCUT2D eigenvalue weighted by Crippen LogP contribution is -2.36. The topological polar surface area (TPSA) is 85.2 Å². The molecule has 1 aromatic rings. The van der Waals surface area contributed by atoms with Gasteiger partial charge in [0.1, 0.15) is 5.54 Å². The number of hydrogen-bond acceptors (Lipinski definition) is 4. The minimum absolute atomic E-state index is 0.0724. The molecule has 0 aliphatic rings. The summed E-state index contributed by atoms with van der Waals surface area (Å²) in [6, 6.07) is 9.30. The van der Waals surface area contributed by atoms with E-state index in [9.17, 15) is 4.79 Å². The SMILES string of the molecule is CC(C)(C#N)NCc1ccc(C(=O)NCCO)cc1. The molecule has 0 spiro atoms. The van der Waals surface area contributed by atoms with E-state index in [0.717, 1.165) is 5.56 Å². The van der Waals surface area contributed by atoms with Crippen molar-refractivity contribution < 1.29 is 9.90 Å². The zero-order chi connectivity index (χ0) is 14.3. The number of nitriles is 1. The number of carbonyl (C=O) groups is 1. The summed E-state index contributed by atoms with van der Waals surface area (Å²) in [5.41, 5.74) is 0.982. The number of rotatable bonds is 6. The van der Waals surface area contributed by atoms with Crippen LogP contribution in [0.15, 0.2) is 24.3 Å². The minimum atomic E-state index is -0.572. The predicted molar refractivity (Wildman–Crippen MR) is 72.4 cm³/mol. The molecular weight excluding hydrogens is 242 g/mol. The van der Waals surface area contributed by atoms with E-state index in [4.69, 9.17) is 10.4 Å². The van der Waals surface area contributed by atoms with Gasteiger partial charge >= 0.3 is 0 Å². The Bertz CT molecular complexity index is 461. The van der Waals surface area contributed by atoms with Crippen molar-refractivity contribution >= 4 is 5.91 Å². The molecule has 0 aliphatic heterocycles. The van der Waals surface area contributed by atoms with Crippen molar-refractivity contribution in [2.45, 2.75) is 25.9 Å². The second-order valence-electron chi connectivity index (χ2n) is 4.77. The van der Waals surface area contributed by atoms with Crippen LogP contribution in [0.4, 0.5) is 0 Å². The maximum Gasteiger partial charge on any atom is 0.251 e. The maximum absolute atomic E-state index is 11.6. The molecule has 0 aromatic heterocycles. The summed E-state index contributed by atoms with van der Waals surface area (Å²) in [6.45, 7) is 4.36. The lowest BCUT2D eigenvalue weighted by Gasteiger charge is -2.17. The zero-order valence-corrected chi connectivity index (χ0v) is 11.2. The quantitative estimate of drug-likeness (QED) is 0.707. The van der Waals surface area contributed by atoms with Gasteiger partial charge in [-0.15, -0.1) is 0 Å². The molecule has 0 saturated heterocycles. The monoisotopic (exact) mass is 261 g/mol. The van der Waals surface area contributed by atoms with Crippen LogP contribution >= 0.6 is 0 Å². The van der Waals surface area contributed by atoms with Gasteiger partial charge < -0.3 is 10.4 Å². The number of nitrogens with zero attached hydrogens (tertiary/aromatic N) is 1. The molecule has 1 amide bonds. The van der Waals surface area contributed by atoms with Gasteiger partial charge in [0.2, 0.25) is 0 Å². The molecule has 0 bridgehead atoms. The van der Waals surface area contributed by atoms with E-state index in [0.29, 0.717) is 12.1 Å². The Morgan fingerprint density at radius 2 is 2.00 bits per heavy atom. The Morgan fingerprint density at radius 3 is 2.53 bits per heavy atom. The Labute approximate surface area is 113 Å². The standard InChI is InChI=1S/C14H19N3O2/c1-14(2,10-15)17-9-11-3-5-12(6-4-11)13(19)16-7-8-18/h3-6,17-18H,7-9H2,1-2H3,(H,16,19). The number of aliphatic hydroxyl groups is 1. The summed E-state index contributed by atoms with van der Waals surface area (Å²) in [4.78, 5) is 11.6. The van der Waals surface area contributed by atoms with Crippen LogP contribution < -0.4 is 10.6 Å². The predicted octanol–water partition coefficient (Wildman–Crippen LogP) is 0.800. The fourth-order valence-corrected chi connectivity index (χ4v) is 1.41. The molecule has 0 unspecified atom stereocenters. The van der Waals surface area contributed by atoms with E-state index in [1.54, 1.807) is 12.1 Å². The molecule has 0 radical (unpaired) electrons. The van der Waals surface area contributed by atoms with Crippen LogP contribution in [0.1, 0.15) is 29.8 Å². The lowest BCUT2D eigenvalue weighted by atomic mass is 10.1. The molecule has 5 nitrogen and oxygen atoms in total. The van der Waals surface area contributed by atoms with Crippen LogP contribution in [0.3, 0.4) is 0 Å². The van der Waals surface area contributed by atoms with Crippen LogP contribution in [-0.4, -0.2) is 29.7 Å². The second kappa shape index (κ2) is 6.88. The summed E-state index contributed by atoms with van der Waals surface area (Å²) in [5.74, 6) is -0.203. The molecule has 0 saturated carbocycles. The minimum Gasteiger partial charge on any atom is -0.395 e. The number of amides is 1.